The average molecular weight is 224 g/mol. The van der Waals surface area contributed by atoms with E-state index in [1.54, 1.807) is 25.7 Å². The lowest BCUT2D eigenvalue weighted by Gasteiger charge is -2.15. The Labute approximate surface area is 96.8 Å². The third kappa shape index (κ3) is 5.75. The Bertz CT molecular complexity index is 268. The number of aromatic nitrogens is 2. The van der Waals surface area contributed by atoms with Crippen LogP contribution < -0.4 is 5.32 Å². The molecule has 0 aliphatic carbocycles. The molecule has 0 aromatic carbocycles. The topological polar surface area (TPSA) is 50.3 Å². The molecule has 0 fully saturated rings. The third-order valence-corrected chi connectivity index (χ3v) is 2.27. The summed E-state index contributed by atoms with van der Waals surface area (Å²) < 4.78 is 5.01. The lowest BCUT2D eigenvalue weighted by molar-refractivity contribution is 0.161. The number of methoxy groups -OCH3 is 1. The maximum absolute atomic E-state index is 5.01. The first-order valence-electron chi connectivity index (χ1n) is 5.46. The maximum atomic E-state index is 5.01. The van der Waals surface area contributed by atoms with E-state index < -0.39 is 0 Å². The predicted molar refractivity (Wildman–Crippen MR) is 63.1 cm³/mol. The molecule has 1 heterocycles. The molecular weight excluding hydrogens is 204 g/mol. The molecule has 5 nitrogen and oxygen atoms in total. The summed E-state index contributed by atoms with van der Waals surface area (Å²) in [4.78, 5) is 10.4. The lowest BCUT2D eigenvalue weighted by Crippen LogP contribution is -2.31. The number of hydrogen-bond acceptors (Lipinski definition) is 5. The Morgan fingerprint density at radius 2 is 2.25 bits per heavy atom. The first-order valence-corrected chi connectivity index (χ1v) is 5.46. The highest BCUT2D eigenvalue weighted by Gasteiger charge is 1.97. The van der Waals surface area contributed by atoms with Crippen molar-refractivity contribution in [3.63, 3.8) is 0 Å². The van der Waals surface area contributed by atoms with Crippen molar-refractivity contribution in [1.29, 1.82) is 0 Å². The molecule has 0 radical (unpaired) electrons. The third-order valence-electron chi connectivity index (χ3n) is 2.27. The summed E-state index contributed by atoms with van der Waals surface area (Å²) in [7, 11) is 3.81. The molecule has 5 heteroatoms. The summed E-state index contributed by atoms with van der Waals surface area (Å²) in [5.41, 5.74) is 0.974. The van der Waals surface area contributed by atoms with E-state index in [1.807, 2.05) is 0 Å². The van der Waals surface area contributed by atoms with Gasteiger partial charge in [0.05, 0.1) is 12.3 Å². The van der Waals surface area contributed by atoms with Gasteiger partial charge in [0.1, 0.15) is 0 Å². The molecule has 0 saturated heterocycles. The smallest absolute Gasteiger partial charge is 0.0724 e. The van der Waals surface area contributed by atoms with Crippen LogP contribution in [0.5, 0.6) is 0 Å². The van der Waals surface area contributed by atoms with Gasteiger partial charge in [-0.1, -0.05) is 0 Å². The molecule has 90 valence electrons. The van der Waals surface area contributed by atoms with E-state index in [1.165, 1.54) is 0 Å². The van der Waals surface area contributed by atoms with Gasteiger partial charge in [-0.25, -0.2) is 0 Å². The van der Waals surface area contributed by atoms with Gasteiger partial charge in [-0.3, -0.25) is 9.97 Å². The van der Waals surface area contributed by atoms with Gasteiger partial charge in [0.15, 0.2) is 0 Å². The summed E-state index contributed by atoms with van der Waals surface area (Å²) in [6.45, 7) is 4.45. The van der Waals surface area contributed by atoms with E-state index in [2.05, 4.69) is 27.2 Å². The Hall–Kier alpha value is -1.04. The van der Waals surface area contributed by atoms with Crippen LogP contribution in [0.4, 0.5) is 0 Å². The molecule has 0 aliphatic heterocycles. The predicted octanol–water partition coefficient (Wildman–Crippen LogP) is 0.144. The van der Waals surface area contributed by atoms with Gasteiger partial charge in [-0.05, 0) is 7.05 Å². The number of rotatable bonds is 8. The van der Waals surface area contributed by atoms with E-state index in [0.717, 1.165) is 38.5 Å². The highest BCUT2D eigenvalue weighted by atomic mass is 16.5. The Balaban J connectivity index is 2.03. The minimum atomic E-state index is 0.770. The number of likely N-dealkylation sites (N-methyl/N-ethyl adjacent to an activating group) is 1. The van der Waals surface area contributed by atoms with Crippen molar-refractivity contribution in [1.82, 2.24) is 20.2 Å². The molecule has 0 amide bonds. The summed E-state index contributed by atoms with van der Waals surface area (Å²) >= 11 is 0. The van der Waals surface area contributed by atoms with Crippen molar-refractivity contribution in [2.45, 2.75) is 6.54 Å². The fraction of sp³-hybridized carbons (Fsp3) is 0.636. The van der Waals surface area contributed by atoms with Gasteiger partial charge in [0.2, 0.25) is 0 Å². The van der Waals surface area contributed by atoms with E-state index in [-0.39, 0.29) is 0 Å². The van der Waals surface area contributed by atoms with Gasteiger partial charge in [-0.2, -0.15) is 0 Å². The summed E-state index contributed by atoms with van der Waals surface area (Å²) in [5, 5.41) is 3.32. The van der Waals surface area contributed by atoms with Gasteiger partial charge in [0, 0.05) is 51.9 Å². The van der Waals surface area contributed by atoms with Crippen LogP contribution >= 0.6 is 0 Å². The largest absolute Gasteiger partial charge is 0.383 e. The standard InChI is InChI=1S/C11H20N4O/c1-15(7-8-16-2)6-5-13-10-11-9-12-3-4-14-11/h3-4,9,13H,5-8,10H2,1-2H3. The van der Waals surface area contributed by atoms with Gasteiger partial charge in [0.25, 0.3) is 0 Å². The fourth-order valence-electron chi connectivity index (χ4n) is 1.27. The molecule has 0 spiro atoms. The average Bonchev–Trinajstić information content (AvgIpc) is 2.33. The quantitative estimate of drug-likeness (QED) is 0.637. The molecule has 0 aliphatic rings. The Morgan fingerprint density at radius 3 is 2.94 bits per heavy atom. The molecule has 1 N–H and O–H groups in total. The van der Waals surface area contributed by atoms with Crippen LogP contribution in [0.3, 0.4) is 0 Å². The summed E-state index contributed by atoms with van der Waals surface area (Å²) in [5.74, 6) is 0. The zero-order valence-electron chi connectivity index (χ0n) is 10.0. The highest BCUT2D eigenvalue weighted by molar-refractivity contribution is 4.93. The van der Waals surface area contributed by atoms with Crippen LogP contribution in [-0.4, -0.2) is 55.3 Å². The zero-order valence-corrected chi connectivity index (χ0v) is 10.0. The van der Waals surface area contributed by atoms with Crippen LogP contribution in [0.15, 0.2) is 18.6 Å². The monoisotopic (exact) mass is 224 g/mol. The molecule has 0 atom stereocenters. The van der Waals surface area contributed by atoms with Crippen molar-refractivity contribution >= 4 is 0 Å². The van der Waals surface area contributed by atoms with Crippen LogP contribution in [0, 0.1) is 0 Å². The second kappa shape index (κ2) is 8.15. The zero-order chi connectivity index (χ0) is 11.6. The normalized spacial score (nSPS) is 10.9. The van der Waals surface area contributed by atoms with Crippen LogP contribution in [0.1, 0.15) is 5.69 Å². The second-order valence-electron chi connectivity index (χ2n) is 3.67. The van der Waals surface area contributed by atoms with Gasteiger partial charge < -0.3 is 15.0 Å². The van der Waals surface area contributed by atoms with Crippen molar-refractivity contribution in [2.24, 2.45) is 0 Å². The van der Waals surface area contributed by atoms with Crippen molar-refractivity contribution < 1.29 is 4.74 Å². The molecule has 0 bridgehead atoms. The number of hydrogen-bond donors (Lipinski definition) is 1. The van der Waals surface area contributed by atoms with Crippen molar-refractivity contribution in [3.05, 3.63) is 24.3 Å². The fourth-order valence-corrected chi connectivity index (χ4v) is 1.27. The van der Waals surface area contributed by atoms with Crippen molar-refractivity contribution in [3.8, 4) is 0 Å². The Kier molecular flexibility index (Phi) is 6.64. The molecule has 0 saturated carbocycles. The molecule has 16 heavy (non-hydrogen) atoms. The molecule has 0 unspecified atom stereocenters. The van der Waals surface area contributed by atoms with Crippen molar-refractivity contribution in [2.75, 3.05) is 40.4 Å². The van der Waals surface area contributed by atoms with E-state index in [0.29, 0.717) is 0 Å². The van der Waals surface area contributed by atoms with Gasteiger partial charge >= 0.3 is 0 Å². The maximum Gasteiger partial charge on any atom is 0.0724 e. The van der Waals surface area contributed by atoms with E-state index in [4.69, 9.17) is 4.74 Å². The SMILES string of the molecule is COCCN(C)CCNCc1cnccn1. The van der Waals surface area contributed by atoms with E-state index >= 15 is 0 Å². The van der Waals surface area contributed by atoms with Gasteiger partial charge in [-0.15, -0.1) is 0 Å². The second-order valence-corrected chi connectivity index (χ2v) is 3.67. The number of nitrogens with zero attached hydrogens (tertiary/aromatic N) is 3. The highest BCUT2D eigenvalue weighted by Crippen LogP contribution is 1.88. The first-order chi connectivity index (χ1) is 7.83. The minimum absolute atomic E-state index is 0.770. The Morgan fingerprint density at radius 1 is 1.38 bits per heavy atom. The lowest BCUT2D eigenvalue weighted by atomic mass is 10.4. The van der Waals surface area contributed by atoms with Crippen LogP contribution in [-0.2, 0) is 11.3 Å². The van der Waals surface area contributed by atoms with Crippen LogP contribution in [0.2, 0.25) is 0 Å². The summed E-state index contributed by atoms with van der Waals surface area (Å²) in [6.07, 6.45) is 5.17. The van der Waals surface area contributed by atoms with E-state index in [9.17, 15) is 0 Å². The van der Waals surface area contributed by atoms with Crippen LogP contribution in [0.25, 0.3) is 0 Å². The molecular formula is C11H20N4O. The molecule has 1 rings (SSSR count). The number of nitrogens with one attached hydrogen (secondary N) is 1. The first kappa shape index (κ1) is 13.0. The number of ether oxygens (including phenoxy) is 1. The summed E-state index contributed by atoms with van der Waals surface area (Å²) in [6, 6.07) is 0. The molecule has 1 aromatic heterocycles. The molecule has 1 aromatic rings. The minimum Gasteiger partial charge on any atom is -0.383 e.